The molecule has 1 fully saturated rings. The van der Waals surface area contributed by atoms with Crippen LogP contribution in [0.25, 0.3) is 11.3 Å². The van der Waals surface area contributed by atoms with Gasteiger partial charge in [-0.1, -0.05) is 47.1 Å². The van der Waals surface area contributed by atoms with E-state index >= 15 is 0 Å². The summed E-state index contributed by atoms with van der Waals surface area (Å²) in [5.41, 5.74) is 1.01. The molecular formula is C23H22F3N3O2. The Morgan fingerprint density at radius 1 is 1.13 bits per heavy atom. The van der Waals surface area contributed by atoms with Crippen LogP contribution in [0, 0.1) is 0 Å². The number of nitrogens with zero attached hydrogens (tertiary/aromatic N) is 2. The molecule has 1 heterocycles. The zero-order valence-corrected chi connectivity index (χ0v) is 16.7. The number of benzene rings is 2. The van der Waals surface area contributed by atoms with Crippen molar-refractivity contribution >= 4 is 11.4 Å². The number of aromatic nitrogens is 1. The van der Waals surface area contributed by atoms with Gasteiger partial charge in [-0.2, -0.15) is 13.2 Å². The van der Waals surface area contributed by atoms with Crippen LogP contribution in [0.4, 0.5) is 18.9 Å². The Morgan fingerprint density at radius 3 is 2.58 bits per heavy atom. The topological polar surface area (TPSA) is 70.7 Å². The molecule has 8 heteroatoms. The number of hydrogen-bond donors (Lipinski definition) is 2. The van der Waals surface area contributed by atoms with Crippen LogP contribution < -0.4 is 5.32 Å². The van der Waals surface area contributed by atoms with Crippen LogP contribution in [0.5, 0.6) is 0 Å². The molecule has 3 aromatic rings. The van der Waals surface area contributed by atoms with Crippen molar-refractivity contribution in [2.24, 2.45) is 5.16 Å². The Kier molecular flexibility index (Phi) is 5.71. The molecule has 1 aromatic heterocycles. The zero-order chi connectivity index (χ0) is 21.9. The summed E-state index contributed by atoms with van der Waals surface area (Å²) in [6, 6.07) is 14.9. The number of hydrogen-bond acceptors (Lipinski definition) is 5. The molecular weight excluding hydrogens is 407 g/mol. The van der Waals surface area contributed by atoms with Crippen LogP contribution in [0.2, 0.25) is 0 Å². The molecule has 0 atom stereocenters. The Balaban J connectivity index is 1.50. The van der Waals surface area contributed by atoms with Crippen molar-refractivity contribution in [2.45, 2.75) is 37.3 Å². The van der Waals surface area contributed by atoms with Crippen molar-refractivity contribution in [1.82, 2.24) is 5.16 Å². The summed E-state index contributed by atoms with van der Waals surface area (Å²) >= 11 is 0. The third-order valence-electron chi connectivity index (χ3n) is 5.88. The molecule has 2 aromatic carbocycles. The lowest BCUT2D eigenvalue weighted by molar-refractivity contribution is -0.139. The maximum Gasteiger partial charge on any atom is 0.416 e. The van der Waals surface area contributed by atoms with E-state index in [0.29, 0.717) is 24.3 Å². The molecule has 4 rings (SSSR count). The number of halogens is 3. The van der Waals surface area contributed by atoms with Gasteiger partial charge >= 0.3 is 6.18 Å². The van der Waals surface area contributed by atoms with Crippen molar-refractivity contribution in [1.29, 1.82) is 0 Å². The highest BCUT2D eigenvalue weighted by Crippen LogP contribution is 2.50. The summed E-state index contributed by atoms with van der Waals surface area (Å²) in [4.78, 5) is 0. The van der Waals surface area contributed by atoms with Gasteiger partial charge < -0.3 is 15.0 Å². The van der Waals surface area contributed by atoms with Crippen molar-refractivity contribution in [3.63, 3.8) is 0 Å². The molecule has 0 spiro atoms. The smallest absolute Gasteiger partial charge is 0.411 e. The summed E-state index contributed by atoms with van der Waals surface area (Å²) in [6.07, 6.45) is -0.513. The van der Waals surface area contributed by atoms with Crippen LogP contribution in [-0.4, -0.2) is 22.6 Å². The minimum absolute atomic E-state index is 0.215. The van der Waals surface area contributed by atoms with E-state index in [-0.39, 0.29) is 18.5 Å². The highest BCUT2D eigenvalue weighted by molar-refractivity contribution is 5.89. The molecule has 0 radical (unpaired) electrons. The van der Waals surface area contributed by atoms with Crippen LogP contribution in [0.3, 0.4) is 0 Å². The van der Waals surface area contributed by atoms with E-state index < -0.39 is 17.2 Å². The van der Waals surface area contributed by atoms with E-state index in [0.717, 1.165) is 23.7 Å². The van der Waals surface area contributed by atoms with Gasteiger partial charge in [0.05, 0.1) is 24.0 Å². The van der Waals surface area contributed by atoms with Crippen molar-refractivity contribution < 1.29 is 22.9 Å². The van der Waals surface area contributed by atoms with Gasteiger partial charge in [0.1, 0.15) is 0 Å². The van der Waals surface area contributed by atoms with Crippen molar-refractivity contribution in [2.75, 3.05) is 11.9 Å². The molecule has 162 valence electrons. The van der Waals surface area contributed by atoms with E-state index in [1.54, 1.807) is 24.4 Å². The SMILES string of the molecule is ON=C(CNc1cccc(-c2ccno2)c1)CC1(c2ccccc2C(F)(F)F)CCC1. The fraction of sp³-hybridized carbons (Fsp3) is 0.304. The van der Waals surface area contributed by atoms with Crippen LogP contribution in [-0.2, 0) is 11.6 Å². The van der Waals surface area contributed by atoms with Gasteiger partial charge in [0.2, 0.25) is 0 Å². The fourth-order valence-electron chi connectivity index (χ4n) is 4.21. The summed E-state index contributed by atoms with van der Waals surface area (Å²) in [5.74, 6) is 0.622. The lowest BCUT2D eigenvalue weighted by Crippen LogP contribution is -2.39. The summed E-state index contributed by atoms with van der Waals surface area (Å²) < 4.78 is 45.9. The quantitative estimate of drug-likeness (QED) is 0.270. The molecule has 0 unspecified atom stereocenters. The normalized spacial score (nSPS) is 16.0. The number of oxime groups is 1. The van der Waals surface area contributed by atoms with Gasteiger partial charge in [-0.15, -0.1) is 0 Å². The number of nitrogens with one attached hydrogen (secondary N) is 1. The lowest BCUT2D eigenvalue weighted by atomic mass is 9.60. The number of rotatable bonds is 7. The first-order valence-electron chi connectivity index (χ1n) is 10.0. The van der Waals surface area contributed by atoms with E-state index in [2.05, 4.69) is 15.6 Å². The molecule has 0 saturated heterocycles. The molecule has 5 nitrogen and oxygen atoms in total. The first kappa shape index (κ1) is 21.0. The number of alkyl halides is 3. The Bertz CT molecular complexity index is 1060. The average Bonchev–Trinajstić information content (AvgIpc) is 3.27. The average molecular weight is 429 g/mol. The predicted molar refractivity (Wildman–Crippen MR) is 111 cm³/mol. The van der Waals surface area contributed by atoms with Gasteiger partial charge in [-0.3, -0.25) is 0 Å². The Labute approximate surface area is 177 Å². The van der Waals surface area contributed by atoms with Crippen molar-refractivity contribution in [3.05, 3.63) is 71.9 Å². The van der Waals surface area contributed by atoms with E-state index in [4.69, 9.17) is 4.52 Å². The van der Waals surface area contributed by atoms with Crippen LogP contribution in [0.15, 0.2) is 70.5 Å². The number of anilines is 1. The minimum atomic E-state index is -4.42. The second-order valence-electron chi connectivity index (χ2n) is 7.83. The Hall–Kier alpha value is -3.29. The first-order chi connectivity index (χ1) is 14.9. The molecule has 0 bridgehead atoms. The highest BCUT2D eigenvalue weighted by Gasteiger charge is 2.45. The largest absolute Gasteiger partial charge is 0.416 e. The maximum absolute atomic E-state index is 13.6. The van der Waals surface area contributed by atoms with E-state index in [1.807, 2.05) is 24.3 Å². The van der Waals surface area contributed by atoms with Crippen LogP contribution in [0.1, 0.15) is 36.8 Å². The maximum atomic E-state index is 13.6. The summed E-state index contributed by atoms with van der Waals surface area (Å²) in [6.45, 7) is 0.215. The van der Waals surface area contributed by atoms with Gasteiger partial charge in [-0.05, 0) is 36.6 Å². The van der Waals surface area contributed by atoms with Crippen molar-refractivity contribution in [3.8, 4) is 11.3 Å². The van der Waals surface area contributed by atoms with Gasteiger partial charge in [0.15, 0.2) is 5.76 Å². The molecule has 31 heavy (non-hydrogen) atoms. The Morgan fingerprint density at radius 2 is 1.94 bits per heavy atom. The second-order valence-corrected chi connectivity index (χ2v) is 7.83. The first-order valence-corrected chi connectivity index (χ1v) is 10.0. The highest BCUT2D eigenvalue weighted by atomic mass is 19.4. The van der Waals surface area contributed by atoms with Gasteiger partial charge in [-0.25, -0.2) is 0 Å². The molecule has 0 aliphatic heterocycles. The molecule has 2 N–H and O–H groups in total. The molecule has 1 saturated carbocycles. The van der Waals surface area contributed by atoms with E-state index in [9.17, 15) is 18.4 Å². The van der Waals surface area contributed by atoms with Gasteiger partial charge in [0.25, 0.3) is 0 Å². The summed E-state index contributed by atoms with van der Waals surface area (Å²) in [7, 11) is 0. The minimum Gasteiger partial charge on any atom is -0.411 e. The predicted octanol–water partition coefficient (Wildman–Crippen LogP) is 6.11. The second kappa shape index (κ2) is 8.45. The standard InChI is InChI=1S/C23H22F3N3O2/c24-23(25,26)20-8-2-1-7-19(20)22(10-4-11-22)14-18(29-30)15-27-17-6-3-5-16(13-17)21-9-12-28-31-21/h1-3,5-9,12-13,27,30H,4,10-11,14-15H2. The zero-order valence-electron chi connectivity index (χ0n) is 16.7. The molecule has 1 aliphatic rings. The third kappa shape index (κ3) is 4.42. The lowest BCUT2D eigenvalue weighted by Gasteiger charge is -2.44. The van der Waals surface area contributed by atoms with Crippen LogP contribution >= 0.6 is 0 Å². The molecule has 1 aliphatic carbocycles. The summed E-state index contributed by atoms with van der Waals surface area (Å²) in [5, 5.41) is 19.9. The van der Waals surface area contributed by atoms with E-state index in [1.165, 1.54) is 6.07 Å². The fourth-order valence-corrected chi connectivity index (χ4v) is 4.21. The molecule has 0 amide bonds. The monoisotopic (exact) mass is 429 g/mol. The van der Waals surface area contributed by atoms with Gasteiger partial charge in [0, 0.05) is 29.2 Å². The third-order valence-corrected chi connectivity index (χ3v) is 5.88.